The molecule has 0 aliphatic rings. The Kier molecular flexibility index (Phi) is 5.80. The van der Waals surface area contributed by atoms with E-state index in [1.807, 2.05) is 12.1 Å². The highest BCUT2D eigenvalue weighted by molar-refractivity contribution is 6.30. The molecule has 4 nitrogen and oxygen atoms in total. The van der Waals surface area contributed by atoms with E-state index in [4.69, 9.17) is 16.3 Å². The standard InChI is InChI=1S/C15H17ClN2O2/c16-13-1-3-15(4-2-13)20-11-14(19)10-18-9-12-5-7-17-8-6-12/h1-8,14,18-19H,9-11H2. The van der Waals surface area contributed by atoms with Gasteiger partial charge in [-0.2, -0.15) is 0 Å². The van der Waals surface area contributed by atoms with Gasteiger partial charge in [0, 0.05) is 30.5 Å². The van der Waals surface area contributed by atoms with E-state index in [0.29, 0.717) is 23.9 Å². The fraction of sp³-hybridized carbons (Fsp3) is 0.267. The zero-order chi connectivity index (χ0) is 14.2. The van der Waals surface area contributed by atoms with Crippen molar-refractivity contribution in [2.75, 3.05) is 13.2 Å². The molecule has 0 radical (unpaired) electrons. The third-order valence-electron chi connectivity index (χ3n) is 2.71. The van der Waals surface area contributed by atoms with E-state index in [1.54, 1.807) is 36.7 Å². The van der Waals surface area contributed by atoms with E-state index in [9.17, 15) is 5.11 Å². The van der Waals surface area contributed by atoms with Crippen LogP contribution in [0.4, 0.5) is 0 Å². The molecule has 0 aliphatic heterocycles. The van der Waals surface area contributed by atoms with E-state index in [0.717, 1.165) is 5.56 Å². The summed E-state index contributed by atoms with van der Waals surface area (Å²) in [6.45, 7) is 1.40. The van der Waals surface area contributed by atoms with Gasteiger partial charge in [-0.05, 0) is 42.0 Å². The van der Waals surface area contributed by atoms with E-state index < -0.39 is 6.10 Å². The molecule has 0 saturated carbocycles. The second-order valence-corrected chi connectivity index (χ2v) is 4.84. The number of hydrogen-bond acceptors (Lipinski definition) is 4. The molecule has 0 saturated heterocycles. The number of hydrogen-bond donors (Lipinski definition) is 2. The maximum Gasteiger partial charge on any atom is 0.119 e. The van der Waals surface area contributed by atoms with Crippen LogP contribution in [0.3, 0.4) is 0 Å². The number of pyridine rings is 1. The molecule has 2 N–H and O–H groups in total. The van der Waals surface area contributed by atoms with Gasteiger partial charge in [-0.15, -0.1) is 0 Å². The predicted octanol–water partition coefficient (Wildman–Crippen LogP) is 2.26. The molecule has 2 aromatic rings. The van der Waals surface area contributed by atoms with Crippen molar-refractivity contribution < 1.29 is 9.84 Å². The van der Waals surface area contributed by atoms with E-state index in [2.05, 4.69) is 10.3 Å². The number of aliphatic hydroxyl groups excluding tert-OH is 1. The van der Waals surface area contributed by atoms with Crippen LogP contribution < -0.4 is 10.1 Å². The van der Waals surface area contributed by atoms with Crippen molar-refractivity contribution in [1.29, 1.82) is 0 Å². The molecule has 1 aromatic heterocycles. The number of rotatable bonds is 7. The summed E-state index contributed by atoms with van der Waals surface area (Å²) in [6, 6.07) is 10.9. The molecule has 0 spiro atoms. The highest BCUT2D eigenvalue weighted by Crippen LogP contribution is 2.15. The first-order valence-corrected chi connectivity index (χ1v) is 6.78. The van der Waals surface area contributed by atoms with Crippen LogP contribution in [0.15, 0.2) is 48.8 Å². The molecule has 2 rings (SSSR count). The normalized spacial score (nSPS) is 12.1. The topological polar surface area (TPSA) is 54.4 Å². The van der Waals surface area contributed by atoms with Crippen LogP contribution in [0.1, 0.15) is 5.56 Å². The maximum absolute atomic E-state index is 9.82. The Bertz CT molecular complexity index is 505. The van der Waals surface area contributed by atoms with Gasteiger partial charge in [-0.1, -0.05) is 11.6 Å². The second kappa shape index (κ2) is 7.85. The van der Waals surface area contributed by atoms with Gasteiger partial charge in [0.05, 0.1) is 0 Å². The Labute approximate surface area is 123 Å². The molecular formula is C15H17ClN2O2. The molecule has 0 aliphatic carbocycles. The van der Waals surface area contributed by atoms with E-state index >= 15 is 0 Å². The molecule has 1 heterocycles. The SMILES string of the molecule is OC(CNCc1ccncc1)COc1ccc(Cl)cc1. The molecule has 1 aromatic carbocycles. The first kappa shape index (κ1) is 14.8. The van der Waals surface area contributed by atoms with E-state index in [-0.39, 0.29) is 6.61 Å². The van der Waals surface area contributed by atoms with Crippen molar-refractivity contribution in [3.05, 3.63) is 59.4 Å². The van der Waals surface area contributed by atoms with Crippen LogP contribution in [0.25, 0.3) is 0 Å². The molecule has 5 heteroatoms. The fourth-order valence-electron chi connectivity index (χ4n) is 1.67. The highest BCUT2D eigenvalue weighted by Gasteiger charge is 2.05. The van der Waals surface area contributed by atoms with E-state index in [1.165, 1.54) is 0 Å². The van der Waals surface area contributed by atoms with Gasteiger partial charge in [0.15, 0.2) is 0 Å². The summed E-state index contributed by atoms with van der Waals surface area (Å²) >= 11 is 5.78. The lowest BCUT2D eigenvalue weighted by Crippen LogP contribution is -2.31. The summed E-state index contributed by atoms with van der Waals surface area (Å²) in [7, 11) is 0. The largest absolute Gasteiger partial charge is 0.491 e. The van der Waals surface area contributed by atoms with Crippen LogP contribution in [0.2, 0.25) is 5.02 Å². The lowest BCUT2D eigenvalue weighted by molar-refractivity contribution is 0.106. The molecule has 0 bridgehead atoms. The zero-order valence-corrected chi connectivity index (χ0v) is 11.8. The second-order valence-electron chi connectivity index (χ2n) is 4.41. The summed E-state index contributed by atoms with van der Waals surface area (Å²) in [6.07, 6.45) is 2.93. The number of nitrogens with zero attached hydrogens (tertiary/aromatic N) is 1. The van der Waals surface area contributed by atoms with Crippen molar-refractivity contribution in [1.82, 2.24) is 10.3 Å². The Morgan fingerprint density at radius 3 is 2.55 bits per heavy atom. The Hall–Kier alpha value is -1.62. The number of nitrogens with one attached hydrogen (secondary N) is 1. The summed E-state index contributed by atoms with van der Waals surface area (Å²) in [5.74, 6) is 0.697. The van der Waals surface area contributed by atoms with Crippen LogP contribution in [0, 0.1) is 0 Å². The molecule has 0 fully saturated rings. The number of aliphatic hydroxyl groups is 1. The van der Waals surface area contributed by atoms with Crippen LogP contribution in [-0.4, -0.2) is 29.3 Å². The lowest BCUT2D eigenvalue weighted by Gasteiger charge is -2.13. The average Bonchev–Trinajstić information content (AvgIpc) is 2.48. The molecule has 1 unspecified atom stereocenters. The van der Waals surface area contributed by atoms with Crippen molar-refractivity contribution in [2.24, 2.45) is 0 Å². The van der Waals surface area contributed by atoms with Crippen LogP contribution in [0.5, 0.6) is 5.75 Å². The first-order chi connectivity index (χ1) is 9.74. The van der Waals surface area contributed by atoms with Crippen molar-refractivity contribution in [3.8, 4) is 5.75 Å². The van der Waals surface area contributed by atoms with Gasteiger partial charge in [0.25, 0.3) is 0 Å². The van der Waals surface area contributed by atoms with Crippen molar-refractivity contribution in [3.63, 3.8) is 0 Å². The summed E-state index contributed by atoms with van der Waals surface area (Å²) in [5.41, 5.74) is 1.13. The molecule has 0 amide bonds. The van der Waals surface area contributed by atoms with Crippen molar-refractivity contribution >= 4 is 11.6 Å². The first-order valence-electron chi connectivity index (χ1n) is 6.40. The third-order valence-corrected chi connectivity index (χ3v) is 2.97. The smallest absolute Gasteiger partial charge is 0.119 e. The highest BCUT2D eigenvalue weighted by atomic mass is 35.5. The summed E-state index contributed by atoms with van der Waals surface area (Å²) in [5, 5.41) is 13.6. The number of benzene rings is 1. The number of ether oxygens (including phenoxy) is 1. The van der Waals surface area contributed by atoms with Crippen LogP contribution in [-0.2, 0) is 6.54 Å². The lowest BCUT2D eigenvalue weighted by atomic mass is 10.2. The molecule has 1 atom stereocenters. The average molecular weight is 293 g/mol. The van der Waals surface area contributed by atoms with Gasteiger partial charge in [-0.25, -0.2) is 0 Å². The zero-order valence-electron chi connectivity index (χ0n) is 11.0. The van der Waals surface area contributed by atoms with Crippen LogP contribution >= 0.6 is 11.6 Å². The monoisotopic (exact) mass is 292 g/mol. The van der Waals surface area contributed by atoms with Gasteiger partial charge >= 0.3 is 0 Å². The molecule has 106 valence electrons. The fourth-order valence-corrected chi connectivity index (χ4v) is 1.79. The number of halogens is 1. The minimum Gasteiger partial charge on any atom is -0.491 e. The minimum absolute atomic E-state index is 0.241. The van der Waals surface area contributed by atoms with Gasteiger partial charge in [-0.3, -0.25) is 4.98 Å². The van der Waals surface area contributed by atoms with Gasteiger partial charge < -0.3 is 15.2 Å². The van der Waals surface area contributed by atoms with Crippen molar-refractivity contribution in [2.45, 2.75) is 12.6 Å². The van der Waals surface area contributed by atoms with Gasteiger partial charge in [0.2, 0.25) is 0 Å². The summed E-state index contributed by atoms with van der Waals surface area (Å²) in [4.78, 5) is 3.95. The Morgan fingerprint density at radius 2 is 1.85 bits per heavy atom. The Balaban J connectivity index is 1.65. The molecular weight excluding hydrogens is 276 g/mol. The minimum atomic E-state index is -0.562. The number of aromatic nitrogens is 1. The quantitative estimate of drug-likeness (QED) is 0.822. The summed E-state index contributed by atoms with van der Waals surface area (Å²) < 4.78 is 5.47. The third kappa shape index (κ3) is 5.17. The Morgan fingerprint density at radius 1 is 1.15 bits per heavy atom. The van der Waals surface area contributed by atoms with Gasteiger partial charge in [0.1, 0.15) is 18.5 Å². The maximum atomic E-state index is 9.82. The predicted molar refractivity (Wildman–Crippen MR) is 78.9 cm³/mol. The molecule has 20 heavy (non-hydrogen) atoms.